The van der Waals surface area contributed by atoms with Crippen LogP contribution in [0.2, 0.25) is 0 Å². The van der Waals surface area contributed by atoms with Crippen molar-refractivity contribution in [3.8, 4) is 0 Å². The van der Waals surface area contributed by atoms with Gasteiger partial charge in [0, 0.05) is 18.6 Å². The third-order valence-corrected chi connectivity index (χ3v) is 4.01. The van der Waals surface area contributed by atoms with Crippen molar-refractivity contribution in [1.29, 1.82) is 0 Å². The van der Waals surface area contributed by atoms with Gasteiger partial charge in [0.05, 0.1) is 10.9 Å². The molecular formula is C14H16N2O2S. The van der Waals surface area contributed by atoms with Gasteiger partial charge in [0.1, 0.15) is 0 Å². The van der Waals surface area contributed by atoms with Gasteiger partial charge in [0.2, 0.25) is 0 Å². The minimum atomic E-state index is -3.22. The van der Waals surface area contributed by atoms with Gasteiger partial charge in [-0.2, -0.15) is 0 Å². The highest BCUT2D eigenvalue weighted by Gasteiger charge is 2.13. The molecule has 0 fully saturated rings. The molecule has 2 N–H and O–H groups in total. The van der Waals surface area contributed by atoms with Gasteiger partial charge in [-0.05, 0) is 35.7 Å². The van der Waals surface area contributed by atoms with Crippen LogP contribution in [0.1, 0.15) is 22.7 Å². The highest BCUT2D eigenvalue weighted by atomic mass is 32.2. The molecule has 1 heterocycles. The van der Waals surface area contributed by atoms with Crippen LogP contribution in [-0.2, 0) is 9.84 Å². The molecule has 0 bridgehead atoms. The van der Waals surface area contributed by atoms with Crippen LogP contribution in [0.5, 0.6) is 0 Å². The number of nitrogens with two attached hydrogens (primary N) is 1. The van der Waals surface area contributed by atoms with E-state index in [4.69, 9.17) is 5.73 Å². The van der Waals surface area contributed by atoms with Crippen LogP contribution in [0, 0.1) is 6.92 Å². The monoisotopic (exact) mass is 276 g/mol. The molecule has 2 rings (SSSR count). The minimum absolute atomic E-state index is 0.279. The van der Waals surface area contributed by atoms with Crippen molar-refractivity contribution < 1.29 is 8.42 Å². The van der Waals surface area contributed by atoms with Gasteiger partial charge in [-0.15, -0.1) is 0 Å². The Balaban J connectivity index is 2.42. The summed E-state index contributed by atoms with van der Waals surface area (Å²) < 4.78 is 23.1. The lowest BCUT2D eigenvalue weighted by Gasteiger charge is -2.13. The van der Waals surface area contributed by atoms with Gasteiger partial charge in [-0.25, -0.2) is 8.42 Å². The molecule has 1 atom stereocenters. The molecule has 1 unspecified atom stereocenters. The molecule has 0 aliphatic carbocycles. The average molecular weight is 276 g/mol. The second-order valence-electron chi connectivity index (χ2n) is 4.62. The van der Waals surface area contributed by atoms with Gasteiger partial charge < -0.3 is 5.73 Å². The van der Waals surface area contributed by atoms with Gasteiger partial charge in [0.25, 0.3) is 0 Å². The number of pyridine rings is 1. The van der Waals surface area contributed by atoms with E-state index >= 15 is 0 Å². The number of benzene rings is 1. The molecule has 1 aromatic heterocycles. The van der Waals surface area contributed by atoms with Crippen molar-refractivity contribution in [1.82, 2.24) is 4.98 Å². The van der Waals surface area contributed by atoms with Crippen LogP contribution in [0.25, 0.3) is 0 Å². The Bertz CT molecular complexity index is 696. The molecule has 0 spiro atoms. The maximum Gasteiger partial charge on any atom is 0.175 e. The highest BCUT2D eigenvalue weighted by molar-refractivity contribution is 7.90. The summed E-state index contributed by atoms with van der Waals surface area (Å²) in [4.78, 5) is 4.38. The number of aryl methyl sites for hydroxylation is 1. The lowest BCUT2D eigenvalue weighted by Crippen LogP contribution is -2.13. The maximum atomic E-state index is 11.5. The first kappa shape index (κ1) is 13.7. The predicted molar refractivity (Wildman–Crippen MR) is 74.6 cm³/mol. The smallest absolute Gasteiger partial charge is 0.175 e. The molecule has 19 heavy (non-hydrogen) atoms. The molecule has 0 saturated carbocycles. The zero-order valence-electron chi connectivity index (χ0n) is 10.9. The maximum absolute atomic E-state index is 11.5. The van der Waals surface area contributed by atoms with E-state index in [1.54, 1.807) is 30.6 Å². The van der Waals surface area contributed by atoms with Crippen molar-refractivity contribution in [2.75, 3.05) is 6.26 Å². The number of hydrogen-bond donors (Lipinski definition) is 1. The second kappa shape index (κ2) is 5.11. The fraction of sp³-hybridized carbons (Fsp3) is 0.214. The molecule has 5 heteroatoms. The summed E-state index contributed by atoms with van der Waals surface area (Å²) in [6.07, 6.45) is 4.64. The molecule has 0 amide bonds. The zero-order valence-corrected chi connectivity index (χ0v) is 11.7. The fourth-order valence-electron chi connectivity index (χ4n) is 1.88. The molecule has 0 saturated heterocycles. The Morgan fingerprint density at radius 1 is 1.16 bits per heavy atom. The SMILES string of the molecule is Cc1cncc(C(N)c2cccc(S(C)(=O)=O)c2)c1. The first-order chi connectivity index (χ1) is 8.88. The molecule has 2 aromatic rings. The van der Waals surface area contributed by atoms with E-state index in [1.165, 1.54) is 6.26 Å². The van der Waals surface area contributed by atoms with Crippen LogP contribution >= 0.6 is 0 Å². The number of hydrogen-bond acceptors (Lipinski definition) is 4. The summed E-state index contributed by atoms with van der Waals surface area (Å²) in [5, 5.41) is 0. The Hall–Kier alpha value is -1.72. The highest BCUT2D eigenvalue weighted by Crippen LogP contribution is 2.22. The minimum Gasteiger partial charge on any atom is -0.320 e. The van der Waals surface area contributed by atoms with Crippen molar-refractivity contribution in [3.05, 3.63) is 59.4 Å². The summed E-state index contributed by atoms with van der Waals surface area (Å²) in [6.45, 7) is 1.94. The van der Waals surface area contributed by atoms with Gasteiger partial charge in [-0.3, -0.25) is 4.98 Å². The molecule has 0 aliphatic rings. The fourth-order valence-corrected chi connectivity index (χ4v) is 2.56. The Morgan fingerprint density at radius 2 is 1.89 bits per heavy atom. The van der Waals surface area contributed by atoms with E-state index < -0.39 is 9.84 Å². The molecule has 100 valence electrons. The topological polar surface area (TPSA) is 73.0 Å². The Morgan fingerprint density at radius 3 is 2.53 bits per heavy atom. The van der Waals surface area contributed by atoms with E-state index in [1.807, 2.05) is 19.1 Å². The largest absolute Gasteiger partial charge is 0.320 e. The molecule has 4 nitrogen and oxygen atoms in total. The Labute approximate surface area is 113 Å². The first-order valence-corrected chi connectivity index (χ1v) is 7.74. The summed E-state index contributed by atoms with van der Waals surface area (Å²) in [5.74, 6) is 0. The first-order valence-electron chi connectivity index (χ1n) is 5.85. The predicted octanol–water partition coefficient (Wildman–Crippen LogP) is 1.84. The van der Waals surface area contributed by atoms with Gasteiger partial charge in [0.15, 0.2) is 9.84 Å². The van der Waals surface area contributed by atoms with Gasteiger partial charge in [-0.1, -0.05) is 18.2 Å². The van der Waals surface area contributed by atoms with Gasteiger partial charge >= 0.3 is 0 Å². The summed E-state index contributed by atoms with van der Waals surface area (Å²) >= 11 is 0. The third kappa shape index (κ3) is 3.19. The van der Waals surface area contributed by atoms with Crippen LogP contribution < -0.4 is 5.73 Å². The zero-order chi connectivity index (χ0) is 14.0. The normalized spacial score (nSPS) is 13.2. The standard InChI is InChI=1S/C14H16N2O2S/c1-10-6-12(9-16-8-10)14(15)11-4-3-5-13(7-11)19(2,17)18/h3-9,14H,15H2,1-2H3. The summed E-state index contributed by atoms with van der Waals surface area (Å²) in [6, 6.07) is 8.28. The van der Waals surface area contributed by atoms with Crippen molar-refractivity contribution in [2.24, 2.45) is 5.73 Å². The molecule has 1 aromatic carbocycles. The van der Waals surface area contributed by atoms with E-state index in [2.05, 4.69) is 4.98 Å². The lowest BCUT2D eigenvalue weighted by atomic mass is 10.0. The number of sulfone groups is 1. The summed E-state index contributed by atoms with van der Waals surface area (Å²) in [5.41, 5.74) is 8.81. The van der Waals surface area contributed by atoms with E-state index in [9.17, 15) is 8.42 Å². The second-order valence-corrected chi connectivity index (χ2v) is 6.63. The van der Waals surface area contributed by atoms with Crippen molar-refractivity contribution >= 4 is 9.84 Å². The Kier molecular flexibility index (Phi) is 3.68. The number of aromatic nitrogens is 1. The van der Waals surface area contributed by atoms with Crippen LogP contribution in [-0.4, -0.2) is 19.7 Å². The van der Waals surface area contributed by atoms with E-state index in [0.29, 0.717) is 0 Å². The quantitative estimate of drug-likeness (QED) is 0.928. The van der Waals surface area contributed by atoms with Crippen LogP contribution in [0.3, 0.4) is 0 Å². The average Bonchev–Trinajstić information content (AvgIpc) is 2.37. The van der Waals surface area contributed by atoms with Crippen LogP contribution in [0.4, 0.5) is 0 Å². The number of nitrogens with zero attached hydrogens (tertiary/aromatic N) is 1. The molecule has 0 radical (unpaired) electrons. The van der Waals surface area contributed by atoms with Crippen molar-refractivity contribution in [3.63, 3.8) is 0 Å². The number of rotatable bonds is 3. The third-order valence-electron chi connectivity index (χ3n) is 2.90. The van der Waals surface area contributed by atoms with E-state index in [0.717, 1.165) is 16.7 Å². The van der Waals surface area contributed by atoms with Crippen molar-refractivity contribution in [2.45, 2.75) is 17.9 Å². The molecular weight excluding hydrogens is 260 g/mol. The lowest BCUT2D eigenvalue weighted by molar-refractivity contribution is 0.601. The van der Waals surface area contributed by atoms with Crippen LogP contribution in [0.15, 0.2) is 47.6 Å². The molecule has 0 aliphatic heterocycles. The summed E-state index contributed by atoms with van der Waals surface area (Å²) in [7, 11) is -3.22. The van der Waals surface area contributed by atoms with E-state index in [-0.39, 0.29) is 10.9 Å².